The van der Waals surface area contributed by atoms with Gasteiger partial charge in [-0.1, -0.05) is 30.3 Å². The van der Waals surface area contributed by atoms with E-state index in [-0.39, 0.29) is 13.2 Å². The molecular weight excluding hydrogens is 285 g/mol. The van der Waals surface area contributed by atoms with Crippen molar-refractivity contribution in [1.82, 2.24) is 10.6 Å². The Balaban J connectivity index is 1.89. The summed E-state index contributed by atoms with van der Waals surface area (Å²) < 4.78 is 43.8. The number of alkyl halides is 3. The molecule has 0 radical (unpaired) electrons. The predicted octanol–water partition coefficient (Wildman–Crippen LogP) is 2.45. The third-order valence-corrected chi connectivity index (χ3v) is 3.41. The maximum atomic E-state index is 13.0. The van der Waals surface area contributed by atoms with E-state index in [1.807, 2.05) is 5.32 Å². The molecule has 1 aromatic carbocycles. The van der Waals surface area contributed by atoms with Crippen molar-refractivity contribution in [2.45, 2.75) is 25.2 Å². The van der Waals surface area contributed by atoms with Gasteiger partial charge in [-0.25, -0.2) is 4.79 Å². The number of benzene rings is 1. The molecule has 116 valence electrons. The van der Waals surface area contributed by atoms with E-state index < -0.39 is 24.2 Å². The van der Waals surface area contributed by atoms with Crippen molar-refractivity contribution in [2.75, 3.05) is 13.1 Å². The summed E-state index contributed by atoms with van der Waals surface area (Å²) >= 11 is 0. The molecule has 2 rings (SSSR count). The highest BCUT2D eigenvalue weighted by Crippen LogP contribution is 2.28. The zero-order valence-electron chi connectivity index (χ0n) is 11.3. The van der Waals surface area contributed by atoms with Crippen molar-refractivity contribution in [3.8, 4) is 0 Å². The molecule has 21 heavy (non-hydrogen) atoms. The van der Waals surface area contributed by atoms with Crippen LogP contribution >= 0.6 is 0 Å². The summed E-state index contributed by atoms with van der Waals surface area (Å²) in [6, 6.07) is 6.91. The van der Waals surface area contributed by atoms with Gasteiger partial charge in [0.1, 0.15) is 12.6 Å². The minimum atomic E-state index is -4.48. The first-order valence-electron chi connectivity index (χ1n) is 6.71. The second kappa shape index (κ2) is 6.80. The van der Waals surface area contributed by atoms with E-state index in [1.54, 1.807) is 30.3 Å². The number of nitrogens with one attached hydrogen (secondary N) is 2. The van der Waals surface area contributed by atoms with Gasteiger partial charge in [0.25, 0.3) is 0 Å². The van der Waals surface area contributed by atoms with Crippen LogP contribution in [0.3, 0.4) is 0 Å². The second-order valence-corrected chi connectivity index (χ2v) is 4.98. The van der Waals surface area contributed by atoms with Gasteiger partial charge < -0.3 is 15.4 Å². The molecule has 1 aliphatic rings. The van der Waals surface area contributed by atoms with E-state index in [1.165, 1.54) is 0 Å². The molecular formula is C14H17F3N2O2. The highest BCUT2D eigenvalue weighted by molar-refractivity contribution is 5.67. The molecule has 1 fully saturated rings. The number of rotatable bonds is 4. The third-order valence-electron chi connectivity index (χ3n) is 3.41. The number of hydrogen-bond acceptors (Lipinski definition) is 3. The molecule has 2 atom stereocenters. The summed E-state index contributed by atoms with van der Waals surface area (Å²) in [5, 5.41) is 4.81. The molecule has 0 spiro atoms. The maximum Gasteiger partial charge on any atom is 0.409 e. The Bertz CT molecular complexity index is 459. The van der Waals surface area contributed by atoms with Gasteiger partial charge in [-0.2, -0.15) is 13.2 Å². The molecule has 7 heteroatoms. The summed E-state index contributed by atoms with van der Waals surface area (Å²) in [4.78, 5) is 11.6. The summed E-state index contributed by atoms with van der Waals surface area (Å²) in [6.45, 7) is 0.710. The predicted molar refractivity (Wildman–Crippen MR) is 70.6 cm³/mol. The Kier molecular flexibility index (Phi) is 5.06. The number of amides is 1. The molecule has 1 heterocycles. The van der Waals surface area contributed by atoms with Crippen LogP contribution in [-0.4, -0.2) is 31.4 Å². The largest absolute Gasteiger partial charge is 0.445 e. The van der Waals surface area contributed by atoms with Gasteiger partial charge >= 0.3 is 12.3 Å². The average Bonchev–Trinajstić information content (AvgIpc) is 2.96. The van der Waals surface area contributed by atoms with Crippen LogP contribution in [0.25, 0.3) is 0 Å². The SMILES string of the molecule is O=C(N[C@@H]([C@H]1CCNC1)C(F)(F)F)OCc1ccccc1. The highest BCUT2D eigenvalue weighted by Gasteiger charge is 2.46. The summed E-state index contributed by atoms with van der Waals surface area (Å²) in [6.07, 6.45) is -5.15. The van der Waals surface area contributed by atoms with Gasteiger partial charge in [-0.15, -0.1) is 0 Å². The van der Waals surface area contributed by atoms with Crippen molar-refractivity contribution in [3.05, 3.63) is 35.9 Å². The normalized spacial score (nSPS) is 20.0. The van der Waals surface area contributed by atoms with Crippen LogP contribution < -0.4 is 10.6 Å². The molecule has 1 aromatic rings. The molecule has 0 aliphatic carbocycles. The van der Waals surface area contributed by atoms with Gasteiger partial charge in [-0.3, -0.25) is 0 Å². The van der Waals surface area contributed by atoms with Crippen molar-refractivity contribution >= 4 is 6.09 Å². The lowest BCUT2D eigenvalue weighted by Crippen LogP contribution is -2.50. The van der Waals surface area contributed by atoms with Crippen LogP contribution in [0.5, 0.6) is 0 Å². The lowest BCUT2D eigenvalue weighted by Gasteiger charge is -2.26. The molecule has 2 N–H and O–H groups in total. The van der Waals surface area contributed by atoms with Gasteiger partial charge in [0, 0.05) is 12.5 Å². The first kappa shape index (κ1) is 15.6. The second-order valence-electron chi connectivity index (χ2n) is 4.98. The topological polar surface area (TPSA) is 50.4 Å². The van der Waals surface area contributed by atoms with Crippen LogP contribution in [0, 0.1) is 5.92 Å². The molecule has 0 unspecified atom stereocenters. The fourth-order valence-electron chi connectivity index (χ4n) is 2.32. The van der Waals surface area contributed by atoms with Crippen molar-refractivity contribution < 1.29 is 22.7 Å². The summed E-state index contributed by atoms with van der Waals surface area (Å²) in [7, 11) is 0. The Morgan fingerprint density at radius 2 is 2.10 bits per heavy atom. The number of hydrogen-bond donors (Lipinski definition) is 2. The van der Waals surface area contributed by atoms with Crippen LogP contribution in [-0.2, 0) is 11.3 Å². The van der Waals surface area contributed by atoms with E-state index in [0.717, 1.165) is 5.56 Å². The Morgan fingerprint density at radius 1 is 1.38 bits per heavy atom. The molecule has 0 bridgehead atoms. The number of carbonyl (C=O) groups excluding carboxylic acids is 1. The van der Waals surface area contributed by atoms with E-state index in [0.29, 0.717) is 13.0 Å². The number of ether oxygens (including phenoxy) is 1. The van der Waals surface area contributed by atoms with Crippen LogP contribution in [0.15, 0.2) is 30.3 Å². The first-order valence-corrected chi connectivity index (χ1v) is 6.71. The van der Waals surface area contributed by atoms with Gasteiger partial charge in [0.15, 0.2) is 0 Å². The monoisotopic (exact) mass is 302 g/mol. The quantitative estimate of drug-likeness (QED) is 0.898. The lowest BCUT2D eigenvalue weighted by molar-refractivity contribution is -0.164. The fourth-order valence-corrected chi connectivity index (χ4v) is 2.32. The van der Waals surface area contributed by atoms with Crippen molar-refractivity contribution in [1.29, 1.82) is 0 Å². The standard InChI is InChI=1S/C14H17F3N2O2/c15-14(16,17)12(11-6-7-18-8-11)19-13(20)21-9-10-4-2-1-3-5-10/h1-5,11-12,18H,6-9H2,(H,19,20)/t11-,12-/m0/s1. The Labute approximate surface area is 120 Å². The Morgan fingerprint density at radius 3 is 2.67 bits per heavy atom. The van der Waals surface area contributed by atoms with Crippen LogP contribution in [0.4, 0.5) is 18.0 Å². The minimum absolute atomic E-state index is 0.0554. The molecule has 1 aliphatic heterocycles. The third kappa shape index (κ3) is 4.63. The first-order chi connectivity index (χ1) is 9.97. The minimum Gasteiger partial charge on any atom is -0.445 e. The van der Waals surface area contributed by atoms with E-state index in [2.05, 4.69) is 5.32 Å². The average molecular weight is 302 g/mol. The van der Waals surface area contributed by atoms with Gasteiger partial charge in [0.2, 0.25) is 0 Å². The number of carbonyl (C=O) groups is 1. The summed E-state index contributed by atoms with van der Waals surface area (Å²) in [5.41, 5.74) is 0.721. The zero-order chi connectivity index (χ0) is 15.3. The maximum absolute atomic E-state index is 13.0. The lowest BCUT2D eigenvalue weighted by atomic mass is 9.98. The van der Waals surface area contributed by atoms with E-state index in [9.17, 15) is 18.0 Å². The highest BCUT2D eigenvalue weighted by atomic mass is 19.4. The van der Waals surface area contributed by atoms with Crippen molar-refractivity contribution in [2.24, 2.45) is 5.92 Å². The fraction of sp³-hybridized carbons (Fsp3) is 0.500. The van der Waals surface area contributed by atoms with E-state index in [4.69, 9.17) is 4.74 Å². The smallest absolute Gasteiger partial charge is 0.409 e. The molecule has 0 aromatic heterocycles. The van der Waals surface area contributed by atoms with Crippen molar-refractivity contribution in [3.63, 3.8) is 0 Å². The molecule has 0 saturated carbocycles. The molecule has 4 nitrogen and oxygen atoms in total. The van der Waals surface area contributed by atoms with Crippen LogP contribution in [0.2, 0.25) is 0 Å². The summed E-state index contributed by atoms with van der Waals surface area (Å²) in [5.74, 6) is -0.658. The molecule has 1 amide bonds. The van der Waals surface area contributed by atoms with Gasteiger partial charge in [-0.05, 0) is 18.5 Å². The Hall–Kier alpha value is -1.76. The molecule has 1 saturated heterocycles. The number of halogens is 3. The van der Waals surface area contributed by atoms with Crippen LogP contribution in [0.1, 0.15) is 12.0 Å². The van der Waals surface area contributed by atoms with Gasteiger partial charge in [0.05, 0.1) is 0 Å². The zero-order valence-corrected chi connectivity index (χ0v) is 11.3. The number of alkyl carbamates (subject to hydrolysis) is 1. The van der Waals surface area contributed by atoms with E-state index >= 15 is 0 Å².